The number of esters is 1. The van der Waals surface area contributed by atoms with Gasteiger partial charge in [0.2, 0.25) is 0 Å². The molecule has 0 unspecified atom stereocenters. The van der Waals surface area contributed by atoms with Crippen LogP contribution in [0.1, 0.15) is 47.0 Å². The van der Waals surface area contributed by atoms with Gasteiger partial charge >= 0.3 is 11.9 Å². The van der Waals surface area contributed by atoms with E-state index in [1.165, 1.54) is 0 Å². The van der Waals surface area contributed by atoms with Gasteiger partial charge in [-0.15, -0.1) is 0 Å². The molecule has 0 radical (unpaired) electrons. The Labute approximate surface area is 132 Å². The van der Waals surface area contributed by atoms with Crippen LogP contribution in [-0.2, 0) is 9.59 Å². The summed E-state index contributed by atoms with van der Waals surface area (Å²) in [5.74, 6) is -0.535. The van der Waals surface area contributed by atoms with Crippen LogP contribution in [0.4, 0.5) is 0 Å². The Bertz CT molecular complexity index is 481. The summed E-state index contributed by atoms with van der Waals surface area (Å²) >= 11 is 0. The molecule has 0 amide bonds. The monoisotopic (exact) mass is 306 g/mol. The Balaban J connectivity index is 3.08. The van der Waals surface area contributed by atoms with Crippen LogP contribution < -0.4 is 4.74 Å². The Morgan fingerprint density at radius 1 is 1.05 bits per heavy atom. The van der Waals surface area contributed by atoms with Gasteiger partial charge in [-0.1, -0.05) is 45.9 Å². The van der Waals surface area contributed by atoms with Gasteiger partial charge in [0, 0.05) is 0 Å². The fraction of sp³-hybridized carbons (Fsp3) is 0.556. The van der Waals surface area contributed by atoms with Crippen molar-refractivity contribution < 1.29 is 19.4 Å². The molecule has 1 aromatic carbocycles. The zero-order valence-electron chi connectivity index (χ0n) is 13.8. The lowest BCUT2D eigenvalue weighted by molar-refractivity contribution is -0.155. The Hall–Kier alpha value is -1.84. The maximum atomic E-state index is 12.8. The van der Waals surface area contributed by atoms with E-state index in [0.717, 1.165) is 0 Å². The second kappa shape index (κ2) is 7.97. The van der Waals surface area contributed by atoms with Crippen molar-refractivity contribution in [1.29, 1.82) is 0 Å². The Kier molecular flexibility index (Phi) is 6.60. The van der Waals surface area contributed by atoms with Gasteiger partial charge in [-0.2, -0.15) is 0 Å². The van der Waals surface area contributed by atoms with Crippen LogP contribution >= 0.6 is 0 Å². The van der Waals surface area contributed by atoms with E-state index in [1.54, 1.807) is 24.3 Å². The topological polar surface area (TPSA) is 63.6 Å². The van der Waals surface area contributed by atoms with E-state index in [0.29, 0.717) is 18.6 Å². The highest BCUT2D eigenvalue weighted by atomic mass is 16.5. The maximum absolute atomic E-state index is 12.8. The van der Waals surface area contributed by atoms with E-state index in [9.17, 15) is 14.7 Å². The molecule has 0 atom stereocenters. The van der Waals surface area contributed by atoms with E-state index in [2.05, 4.69) is 0 Å². The van der Waals surface area contributed by atoms with E-state index in [4.69, 9.17) is 4.74 Å². The largest absolute Gasteiger partial charge is 0.481 e. The molecule has 0 bridgehead atoms. The molecular weight excluding hydrogens is 280 g/mol. The van der Waals surface area contributed by atoms with Gasteiger partial charge in [-0.05, 0) is 36.8 Å². The Morgan fingerprint density at radius 3 is 1.95 bits per heavy atom. The molecule has 22 heavy (non-hydrogen) atoms. The van der Waals surface area contributed by atoms with Crippen molar-refractivity contribution in [3.8, 4) is 5.75 Å². The molecule has 0 aromatic heterocycles. The van der Waals surface area contributed by atoms with Crippen LogP contribution in [0.5, 0.6) is 5.75 Å². The quantitative estimate of drug-likeness (QED) is 0.579. The van der Waals surface area contributed by atoms with Gasteiger partial charge in [0.1, 0.15) is 5.75 Å². The molecule has 1 aromatic rings. The molecule has 0 aliphatic heterocycles. The summed E-state index contributed by atoms with van der Waals surface area (Å²) in [6, 6.07) is 8.81. The summed E-state index contributed by atoms with van der Waals surface area (Å²) in [5.41, 5.74) is -0.982. The molecule has 0 fully saturated rings. The minimum absolute atomic E-state index is 0.199. The van der Waals surface area contributed by atoms with Crippen LogP contribution in [0.2, 0.25) is 0 Å². The van der Waals surface area contributed by atoms with Gasteiger partial charge in [0.25, 0.3) is 0 Å². The second-order valence-electron chi connectivity index (χ2n) is 6.75. The molecule has 4 nitrogen and oxygen atoms in total. The molecule has 0 aliphatic carbocycles. The lowest BCUT2D eigenvalue weighted by atomic mass is 9.72. The minimum atomic E-state index is -0.982. The van der Waals surface area contributed by atoms with E-state index >= 15 is 0 Å². The first kappa shape index (κ1) is 18.2. The molecule has 0 spiro atoms. The number of para-hydroxylation sites is 1. The summed E-state index contributed by atoms with van der Waals surface area (Å²) in [4.78, 5) is 24.1. The predicted molar refractivity (Wildman–Crippen MR) is 85.7 cm³/mol. The highest BCUT2D eigenvalue weighted by Gasteiger charge is 2.43. The number of carbonyl (C=O) groups excluding carboxylic acids is 1. The lowest BCUT2D eigenvalue weighted by Gasteiger charge is -2.33. The van der Waals surface area contributed by atoms with Crippen molar-refractivity contribution in [2.45, 2.75) is 47.0 Å². The number of carboxylic acids is 1. The predicted octanol–water partition coefficient (Wildman–Crippen LogP) is 4.15. The Morgan fingerprint density at radius 2 is 1.55 bits per heavy atom. The maximum Gasteiger partial charge on any atom is 0.318 e. The summed E-state index contributed by atoms with van der Waals surface area (Å²) in [6.45, 7) is 7.97. The molecular formula is C18H26O4. The number of hydrogen-bond acceptors (Lipinski definition) is 3. The standard InChI is InChI=1S/C18H26O4/c1-13(2)10-18(11-14(3)4,12-16(19)20)17(21)22-15-8-6-5-7-9-15/h5-9,13-14H,10-12H2,1-4H3,(H,19,20). The van der Waals surface area contributed by atoms with Crippen molar-refractivity contribution >= 4 is 11.9 Å². The molecule has 0 saturated carbocycles. The SMILES string of the molecule is CC(C)CC(CC(=O)O)(CC(C)C)C(=O)Oc1ccccc1. The molecule has 0 aliphatic rings. The summed E-state index contributed by atoms with van der Waals surface area (Å²) < 4.78 is 5.48. The third-order valence-electron chi connectivity index (χ3n) is 3.47. The highest BCUT2D eigenvalue weighted by molar-refractivity contribution is 5.84. The van der Waals surface area contributed by atoms with E-state index in [-0.39, 0.29) is 18.3 Å². The number of ether oxygens (including phenoxy) is 1. The molecule has 1 N–H and O–H groups in total. The third-order valence-corrected chi connectivity index (χ3v) is 3.47. The minimum Gasteiger partial charge on any atom is -0.481 e. The fourth-order valence-corrected chi connectivity index (χ4v) is 3.02. The van der Waals surface area contributed by atoms with E-state index in [1.807, 2.05) is 33.8 Å². The number of hydrogen-bond donors (Lipinski definition) is 1. The molecule has 4 heteroatoms. The third kappa shape index (κ3) is 5.51. The van der Waals surface area contributed by atoms with E-state index < -0.39 is 17.4 Å². The summed E-state index contributed by atoms with van der Waals surface area (Å²) in [6.07, 6.45) is 0.807. The molecule has 0 heterocycles. The number of rotatable bonds is 8. The van der Waals surface area contributed by atoms with Crippen LogP contribution in [0.25, 0.3) is 0 Å². The van der Waals surface area contributed by atoms with Crippen molar-refractivity contribution in [2.24, 2.45) is 17.3 Å². The first-order valence-electron chi connectivity index (χ1n) is 7.74. The average Bonchev–Trinajstić information content (AvgIpc) is 2.37. The van der Waals surface area contributed by atoms with Gasteiger partial charge in [-0.3, -0.25) is 9.59 Å². The van der Waals surface area contributed by atoms with Crippen LogP contribution in [0, 0.1) is 17.3 Å². The van der Waals surface area contributed by atoms with Crippen molar-refractivity contribution in [3.63, 3.8) is 0 Å². The molecule has 0 saturated heterocycles. The lowest BCUT2D eigenvalue weighted by Crippen LogP contribution is -2.39. The second-order valence-corrected chi connectivity index (χ2v) is 6.75. The number of carbonyl (C=O) groups is 2. The van der Waals surface area contributed by atoms with Gasteiger partial charge in [-0.25, -0.2) is 0 Å². The smallest absolute Gasteiger partial charge is 0.318 e. The van der Waals surface area contributed by atoms with Crippen LogP contribution in [0.15, 0.2) is 30.3 Å². The number of carboxylic acid groups (broad SMARTS) is 1. The van der Waals surface area contributed by atoms with Crippen molar-refractivity contribution in [3.05, 3.63) is 30.3 Å². The normalized spacial score (nSPS) is 11.7. The molecule has 122 valence electrons. The van der Waals surface area contributed by atoms with Gasteiger partial charge in [0.05, 0.1) is 11.8 Å². The van der Waals surface area contributed by atoms with Gasteiger partial charge < -0.3 is 9.84 Å². The number of benzene rings is 1. The van der Waals surface area contributed by atoms with Crippen LogP contribution in [0.3, 0.4) is 0 Å². The number of aliphatic carboxylic acids is 1. The average molecular weight is 306 g/mol. The zero-order chi connectivity index (χ0) is 16.8. The highest BCUT2D eigenvalue weighted by Crippen LogP contribution is 2.39. The first-order chi connectivity index (χ1) is 10.2. The summed E-state index contributed by atoms with van der Waals surface area (Å²) in [5, 5.41) is 9.28. The van der Waals surface area contributed by atoms with Gasteiger partial charge in [0.15, 0.2) is 0 Å². The summed E-state index contributed by atoms with van der Waals surface area (Å²) in [7, 11) is 0. The zero-order valence-corrected chi connectivity index (χ0v) is 13.8. The van der Waals surface area contributed by atoms with Crippen LogP contribution in [-0.4, -0.2) is 17.0 Å². The van der Waals surface area contributed by atoms with Crippen molar-refractivity contribution in [2.75, 3.05) is 0 Å². The fourth-order valence-electron chi connectivity index (χ4n) is 3.02. The first-order valence-corrected chi connectivity index (χ1v) is 7.74. The molecule has 1 rings (SSSR count). The van der Waals surface area contributed by atoms with Crippen molar-refractivity contribution in [1.82, 2.24) is 0 Å².